The predicted octanol–water partition coefficient (Wildman–Crippen LogP) is 4.95. The maximum Gasteiger partial charge on any atom is 0.222 e. The topological polar surface area (TPSA) is 42.4 Å². The van der Waals surface area contributed by atoms with Crippen LogP contribution in [0.15, 0.2) is 42.7 Å². The normalized spacial score (nSPS) is 17.2. The van der Waals surface area contributed by atoms with Crippen molar-refractivity contribution in [1.82, 2.24) is 9.88 Å². The highest BCUT2D eigenvalue weighted by Crippen LogP contribution is 2.28. The molecule has 1 aromatic carbocycles. The molecule has 0 bridgehead atoms. The summed E-state index contributed by atoms with van der Waals surface area (Å²) in [6.45, 7) is 2.08. The van der Waals surface area contributed by atoms with Crippen LogP contribution in [0.2, 0.25) is 10.0 Å². The number of ether oxygens (including phenoxy) is 1. The van der Waals surface area contributed by atoms with Gasteiger partial charge in [0.15, 0.2) is 0 Å². The highest BCUT2D eigenvalue weighted by Gasteiger charge is 2.24. The molecule has 0 aliphatic carbocycles. The molecule has 1 aromatic heterocycles. The van der Waals surface area contributed by atoms with Gasteiger partial charge in [0.05, 0.1) is 11.6 Å². The van der Waals surface area contributed by atoms with Crippen molar-refractivity contribution in [2.75, 3.05) is 19.7 Å². The average Bonchev–Trinajstić information content (AvgIpc) is 2.67. The number of piperidine rings is 1. The van der Waals surface area contributed by atoms with Crippen molar-refractivity contribution in [2.24, 2.45) is 0 Å². The van der Waals surface area contributed by atoms with Crippen LogP contribution < -0.4 is 4.74 Å². The van der Waals surface area contributed by atoms with Crippen molar-refractivity contribution < 1.29 is 9.53 Å². The van der Waals surface area contributed by atoms with Crippen LogP contribution in [0.5, 0.6) is 5.75 Å². The van der Waals surface area contributed by atoms with Gasteiger partial charge in [-0.3, -0.25) is 9.78 Å². The molecule has 1 amide bonds. The lowest BCUT2D eigenvalue weighted by atomic mass is 9.91. The smallest absolute Gasteiger partial charge is 0.222 e. The number of rotatable bonds is 6. The van der Waals surface area contributed by atoms with Gasteiger partial charge >= 0.3 is 0 Å². The van der Waals surface area contributed by atoms with Crippen molar-refractivity contribution in [3.05, 3.63) is 58.3 Å². The highest BCUT2D eigenvalue weighted by molar-refractivity contribution is 6.35. The first-order valence-electron chi connectivity index (χ1n) is 8.89. The molecule has 1 saturated heterocycles. The van der Waals surface area contributed by atoms with Gasteiger partial charge in [-0.2, -0.15) is 0 Å². The minimum Gasteiger partial charge on any atom is -0.492 e. The third kappa shape index (κ3) is 5.12. The number of likely N-dealkylation sites (tertiary alicyclic amines) is 1. The maximum atomic E-state index is 12.5. The van der Waals surface area contributed by atoms with E-state index in [1.54, 1.807) is 18.2 Å². The quantitative estimate of drug-likeness (QED) is 0.652. The number of pyridine rings is 1. The molecule has 0 saturated carbocycles. The van der Waals surface area contributed by atoms with Gasteiger partial charge in [-0.05, 0) is 55.2 Å². The first kappa shape index (κ1) is 19.0. The van der Waals surface area contributed by atoms with Crippen LogP contribution >= 0.6 is 23.2 Å². The minimum absolute atomic E-state index is 0.189. The van der Waals surface area contributed by atoms with E-state index in [-0.39, 0.29) is 5.91 Å². The zero-order valence-electron chi connectivity index (χ0n) is 14.5. The fraction of sp³-hybridized carbons (Fsp3) is 0.400. The molecule has 3 rings (SSSR count). The number of hydrogen-bond donors (Lipinski definition) is 0. The lowest BCUT2D eigenvalue weighted by molar-refractivity contribution is -0.132. The molecule has 1 atom stereocenters. The summed E-state index contributed by atoms with van der Waals surface area (Å²) in [7, 11) is 0. The number of nitrogens with zero attached hydrogens (tertiary/aromatic N) is 2. The van der Waals surface area contributed by atoms with Gasteiger partial charge in [-0.1, -0.05) is 23.2 Å². The zero-order chi connectivity index (χ0) is 18.4. The summed E-state index contributed by atoms with van der Waals surface area (Å²) in [4.78, 5) is 18.6. The molecule has 1 aliphatic heterocycles. The molecular weight excluding hydrogens is 371 g/mol. The monoisotopic (exact) mass is 392 g/mol. The van der Waals surface area contributed by atoms with Gasteiger partial charge in [-0.15, -0.1) is 0 Å². The van der Waals surface area contributed by atoms with E-state index in [1.807, 2.05) is 29.4 Å². The Morgan fingerprint density at radius 1 is 1.23 bits per heavy atom. The van der Waals surface area contributed by atoms with Crippen LogP contribution in [0.25, 0.3) is 0 Å². The Labute approximate surface area is 164 Å². The maximum absolute atomic E-state index is 12.5. The lowest BCUT2D eigenvalue weighted by Crippen LogP contribution is -2.39. The molecule has 2 aromatic rings. The number of benzene rings is 1. The summed E-state index contributed by atoms with van der Waals surface area (Å²) in [6, 6.07) is 9.22. The average molecular weight is 393 g/mol. The fourth-order valence-electron chi connectivity index (χ4n) is 3.27. The van der Waals surface area contributed by atoms with Crippen LogP contribution in [-0.2, 0) is 4.79 Å². The van der Waals surface area contributed by atoms with Gasteiger partial charge in [0, 0.05) is 42.8 Å². The second-order valence-corrected chi connectivity index (χ2v) is 7.33. The van der Waals surface area contributed by atoms with E-state index >= 15 is 0 Å². The number of aromatic nitrogens is 1. The fourth-order valence-corrected chi connectivity index (χ4v) is 3.73. The Morgan fingerprint density at radius 3 is 2.81 bits per heavy atom. The molecule has 1 aliphatic rings. The molecule has 0 N–H and O–H groups in total. The van der Waals surface area contributed by atoms with Gasteiger partial charge in [0.2, 0.25) is 5.91 Å². The molecule has 2 heterocycles. The van der Waals surface area contributed by atoms with Gasteiger partial charge in [0.1, 0.15) is 5.75 Å². The summed E-state index contributed by atoms with van der Waals surface area (Å²) < 4.78 is 5.65. The van der Waals surface area contributed by atoms with E-state index in [9.17, 15) is 4.79 Å². The zero-order valence-corrected chi connectivity index (χ0v) is 16.0. The van der Waals surface area contributed by atoms with Crippen molar-refractivity contribution in [3.8, 4) is 5.75 Å². The van der Waals surface area contributed by atoms with Gasteiger partial charge in [-0.25, -0.2) is 0 Å². The largest absolute Gasteiger partial charge is 0.492 e. The van der Waals surface area contributed by atoms with E-state index in [0.29, 0.717) is 41.2 Å². The number of hydrogen-bond acceptors (Lipinski definition) is 3. The summed E-state index contributed by atoms with van der Waals surface area (Å²) in [5.74, 6) is 1.19. The molecule has 1 unspecified atom stereocenters. The van der Waals surface area contributed by atoms with Crippen LogP contribution in [0.1, 0.15) is 37.2 Å². The second kappa shape index (κ2) is 9.24. The third-order valence-corrected chi connectivity index (χ3v) is 5.17. The van der Waals surface area contributed by atoms with Crippen LogP contribution in [-0.4, -0.2) is 35.5 Å². The number of carbonyl (C=O) groups is 1. The van der Waals surface area contributed by atoms with Crippen molar-refractivity contribution in [1.29, 1.82) is 0 Å². The lowest BCUT2D eigenvalue weighted by Gasteiger charge is -2.33. The van der Waals surface area contributed by atoms with E-state index in [0.717, 1.165) is 25.9 Å². The van der Waals surface area contributed by atoms with Gasteiger partial charge < -0.3 is 9.64 Å². The SMILES string of the molecule is O=C(CCCOc1ccc(Cl)cc1Cl)N1CCCC(c2ccncc2)C1. The Kier molecular flexibility index (Phi) is 6.75. The third-order valence-electron chi connectivity index (χ3n) is 4.64. The predicted molar refractivity (Wildman–Crippen MR) is 104 cm³/mol. The van der Waals surface area contributed by atoms with Crippen molar-refractivity contribution in [3.63, 3.8) is 0 Å². The molecule has 0 spiro atoms. The molecular formula is C20H22Cl2N2O2. The Balaban J connectivity index is 1.44. The van der Waals surface area contributed by atoms with Gasteiger partial charge in [0.25, 0.3) is 0 Å². The number of carbonyl (C=O) groups excluding carboxylic acids is 1. The highest BCUT2D eigenvalue weighted by atomic mass is 35.5. The van der Waals surface area contributed by atoms with Crippen LogP contribution in [0.4, 0.5) is 0 Å². The molecule has 0 radical (unpaired) electrons. The van der Waals surface area contributed by atoms with Crippen LogP contribution in [0.3, 0.4) is 0 Å². The van der Waals surface area contributed by atoms with E-state index in [4.69, 9.17) is 27.9 Å². The molecule has 6 heteroatoms. The Hall–Kier alpha value is -1.78. The summed E-state index contributed by atoms with van der Waals surface area (Å²) >= 11 is 11.9. The molecule has 26 heavy (non-hydrogen) atoms. The minimum atomic E-state index is 0.189. The first-order valence-corrected chi connectivity index (χ1v) is 9.64. The standard InChI is InChI=1S/C20H22Cl2N2O2/c21-17-5-6-19(18(22)13-17)26-12-2-4-20(25)24-11-1-3-16(14-24)15-7-9-23-10-8-15/h5-10,13,16H,1-4,11-12,14H2. The van der Waals surface area contributed by atoms with E-state index < -0.39 is 0 Å². The number of amides is 1. The number of halogens is 2. The van der Waals surface area contributed by atoms with E-state index in [1.165, 1.54) is 5.56 Å². The molecule has 4 nitrogen and oxygen atoms in total. The Bertz CT molecular complexity index is 740. The molecule has 1 fully saturated rings. The van der Waals surface area contributed by atoms with E-state index in [2.05, 4.69) is 4.98 Å². The summed E-state index contributed by atoms with van der Waals surface area (Å²) in [5.41, 5.74) is 1.26. The van der Waals surface area contributed by atoms with Crippen molar-refractivity contribution in [2.45, 2.75) is 31.6 Å². The first-order chi connectivity index (χ1) is 12.6. The second-order valence-electron chi connectivity index (χ2n) is 6.49. The summed E-state index contributed by atoms with van der Waals surface area (Å²) in [5, 5.41) is 1.06. The van der Waals surface area contributed by atoms with Crippen LogP contribution in [0, 0.1) is 0 Å². The van der Waals surface area contributed by atoms with Crippen molar-refractivity contribution >= 4 is 29.1 Å². The Morgan fingerprint density at radius 2 is 2.04 bits per heavy atom. The molecule has 138 valence electrons. The summed E-state index contributed by atoms with van der Waals surface area (Å²) in [6.07, 6.45) is 6.93.